The van der Waals surface area contributed by atoms with Crippen molar-refractivity contribution in [2.75, 3.05) is 18.5 Å². The third-order valence-electron chi connectivity index (χ3n) is 4.52. The van der Waals surface area contributed by atoms with Crippen LogP contribution in [0.3, 0.4) is 0 Å². The smallest absolute Gasteiger partial charge is 0.341 e. The zero-order valence-corrected chi connectivity index (χ0v) is 19.9. The fourth-order valence-corrected chi connectivity index (χ4v) is 4.05. The molecule has 0 atom stereocenters. The van der Waals surface area contributed by atoms with Crippen molar-refractivity contribution in [1.29, 1.82) is 0 Å². The molecular formula is C24H19ClN2O7S. The van der Waals surface area contributed by atoms with Crippen LogP contribution in [0.5, 0.6) is 0 Å². The number of halogens is 1. The second-order valence-corrected chi connectivity index (χ2v) is 8.24. The first kappa shape index (κ1) is 25.6. The Labute approximate surface area is 209 Å². The van der Waals surface area contributed by atoms with E-state index in [1.165, 1.54) is 24.3 Å². The quantitative estimate of drug-likeness (QED) is 0.176. The molecule has 3 rings (SSSR count). The molecule has 0 aliphatic carbocycles. The van der Waals surface area contributed by atoms with Gasteiger partial charge in [-0.2, -0.15) is 0 Å². The average Bonchev–Trinajstić information content (AvgIpc) is 3.25. The molecule has 0 aliphatic heterocycles. The van der Waals surface area contributed by atoms with Crippen molar-refractivity contribution < 1.29 is 28.8 Å². The molecule has 0 fully saturated rings. The summed E-state index contributed by atoms with van der Waals surface area (Å²) in [5.74, 6) is -2.08. The van der Waals surface area contributed by atoms with Gasteiger partial charge in [-0.3, -0.25) is 14.9 Å². The Kier molecular flexibility index (Phi) is 8.71. The molecule has 9 nitrogen and oxygen atoms in total. The van der Waals surface area contributed by atoms with Crippen LogP contribution in [0.15, 0.2) is 60.0 Å². The number of nitrogens with one attached hydrogen (secondary N) is 1. The van der Waals surface area contributed by atoms with Gasteiger partial charge >= 0.3 is 11.9 Å². The fraction of sp³-hybridized carbons (Fsp3) is 0.125. The maximum absolute atomic E-state index is 12.6. The number of hydrogen-bond donors (Lipinski definition) is 1. The molecule has 0 bridgehead atoms. The molecule has 0 unspecified atom stereocenters. The molecule has 11 heteroatoms. The molecule has 0 radical (unpaired) electrons. The Morgan fingerprint density at radius 2 is 1.89 bits per heavy atom. The Balaban J connectivity index is 1.66. The number of ether oxygens (including phenoxy) is 2. The van der Waals surface area contributed by atoms with Crippen LogP contribution in [0.4, 0.5) is 10.7 Å². The molecule has 2 aromatic carbocycles. The van der Waals surface area contributed by atoms with Crippen LogP contribution in [0.25, 0.3) is 17.2 Å². The lowest BCUT2D eigenvalue weighted by molar-refractivity contribution is -0.384. The number of non-ortho nitro benzene ring substituents is 1. The van der Waals surface area contributed by atoms with E-state index in [0.717, 1.165) is 17.4 Å². The van der Waals surface area contributed by atoms with Crippen molar-refractivity contribution in [2.24, 2.45) is 0 Å². The average molecular weight is 515 g/mol. The van der Waals surface area contributed by atoms with Crippen molar-refractivity contribution in [3.8, 4) is 11.1 Å². The lowest BCUT2D eigenvalue weighted by atomic mass is 10.0. The molecule has 35 heavy (non-hydrogen) atoms. The number of amides is 1. The number of benzene rings is 2. The molecular weight excluding hydrogens is 496 g/mol. The van der Waals surface area contributed by atoms with Crippen LogP contribution >= 0.6 is 22.9 Å². The molecule has 0 aliphatic rings. The van der Waals surface area contributed by atoms with Crippen molar-refractivity contribution in [3.05, 3.63) is 86.3 Å². The van der Waals surface area contributed by atoms with Crippen LogP contribution in [0, 0.1) is 10.1 Å². The molecule has 1 N–H and O–H groups in total. The van der Waals surface area contributed by atoms with Crippen molar-refractivity contribution >= 4 is 57.5 Å². The van der Waals surface area contributed by atoms with E-state index in [1.807, 2.05) is 0 Å². The topological polar surface area (TPSA) is 125 Å². The zero-order valence-electron chi connectivity index (χ0n) is 18.4. The van der Waals surface area contributed by atoms with Gasteiger partial charge < -0.3 is 14.8 Å². The molecule has 1 heterocycles. The summed E-state index contributed by atoms with van der Waals surface area (Å²) in [5.41, 5.74) is 1.77. The number of nitrogens with zero attached hydrogens (tertiary/aromatic N) is 1. The Hall–Kier alpha value is -4.02. The highest BCUT2D eigenvalue weighted by Gasteiger charge is 2.23. The van der Waals surface area contributed by atoms with Gasteiger partial charge in [0, 0.05) is 34.2 Å². The van der Waals surface area contributed by atoms with Crippen LogP contribution < -0.4 is 5.32 Å². The van der Waals surface area contributed by atoms with Gasteiger partial charge in [0.05, 0.1) is 11.5 Å². The van der Waals surface area contributed by atoms with Gasteiger partial charge in [0.15, 0.2) is 6.61 Å². The lowest BCUT2D eigenvalue weighted by Crippen LogP contribution is -2.21. The summed E-state index contributed by atoms with van der Waals surface area (Å²) in [7, 11) is 0. The number of hydrogen-bond acceptors (Lipinski definition) is 8. The first-order valence-electron chi connectivity index (χ1n) is 10.2. The normalized spacial score (nSPS) is 10.7. The number of anilines is 1. The van der Waals surface area contributed by atoms with Crippen molar-refractivity contribution in [2.45, 2.75) is 6.92 Å². The monoisotopic (exact) mass is 514 g/mol. The maximum atomic E-state index is 12.6. The summed E-state index contributed by atoms with van der Waals surface area (Å²) in [5, 5.41) is 15.9. The highest BCUT2D eigenvalue weighted by molar-refractivity contribution is 7.15. The SMILES string of the molecule is CCOC(=O)c1c(-c2ccc(Cl)cc2)csc1NC(=O)COC(=O)/C=C/c1cccc([N+](=O)[O-])c1. The van der Waals surface area contributed by atoms with Crippen LogP contribution in [-0.2, 0) is 19.1 Å². The molecule has 3 aromatic rings. The van der Waals surface area contributed by atoms with Gasteiger partial charge in [-0.05, 0) is 36.3 Å². The van der Waals surface area contributed by atoms with Gasteiger partial charge in [-0.15, -0.1) is 11.3 Å². The van der Waals surface area contributed by atoms with Crippen LogP contribution in [-0.4, -0.2) is 36.0 Å². The predicted molar refractivity (Wildman–Crippen MR) is 132 cm³/mol. The number of rotatable bonds is 9. The number of nitro benzene ring substituents is 1. The highest BCUT2D eigenvalue weighted by Crippen LogP contribution is 2.36. The Morgan fingerprint density at radius 1 is 1.14 bits per heavy atom. The Morgan fingerprint density at radius 3 is 2.57 bits per heavy atom. The summed E-state index contributed by atoms with van der Waals surface area (Å²) in [6.07, 6.45) is 2.39. The predicted octanol–water partition coefficient (Wildman–Crippen LogP) is 5.35. The molecule has 1 aromatic heterocycles. The van der Waals surface area contributed by atoms with Gasteiger partial charge in [0.1, 0.15) is 10.6 Å². The van der Waals surface area contributed by atoms with Gasteiger partial charge in [-0.1, -0.05) is 35.9 Å². The summed E-state index contributed by atoms with van der Waals surface area (Å²) < 4.78 is 10.1. The number of esters is 2. The molecule has 180 valence electrons. The first-order valence-corrected chi connectivity index (χ1v) is 11.5. The maximum Gasteiger partial charge on any atom is 0.341 e. The van der Waals surface area contributed by atoms with E-state index < -0.39 is 29.4 Å². The minimum Gasteiger partial charge on any atom is -0.462 e. The van der Waals surface area contributed by atoms with Gasteiger partial charge in [0.2, 0.25) is 0 Å². The highest BCUT2D eigenvalue weighted by atomic mass is 35.5. The minimum atomic E-state index is -0.815. The first-order chi connectivity index (χ1) is 16.8. The minimum absolute atomic E-state index is 0.119. The standard InChI is InChI=1S/C24H19ClN2O7S/c1-2-33-24(30)22-19(16-7-9-17(25)10-8-16)14-35-23(22)26-20(28)13-34-21(29)11-6-15-4-3-5-18(12-15)27(31)32/h3-12,14H,2,13H2,1H3,(H,26,28)/b11-6+. The third kappa shape index (κ3) is 6.98. The lowest BCUT2D eigenvalue weighted by Gasteiger charge is -2.09. The number of carbonyl (C=O) groups is 3. The molecule has 0 spiro atoms. The molecule has 0 saturated carbocycles. The second kappa shape index (κ2) is 11.9. The summed E-state index contributed by atoms with van der Waals surface area (Å²) in [6, 6.07) is 12.5. The van der Waals surface area contributed by atoms with E-state index in [9.17, 15) is 24.5 Å². The van der Waals surface area contributed by atoms with E-state index in [0.29, 0.717) is 21.7 Å². The number of carbonyl (C=O) groups excluding carboxylic acids is 3. The summed E-state index contributed by atoms with van der Waals surface area (Å²) >= 11 is 7.07. The fourth-order valence-electron chi connectivity index (χ4n) is 2.95. The van der Waals surface area contributed by atoms with Crippen molar-refractivity contribution in [1.82, 2.24) is 0 Å². The van der Waals surface area contributed by atoms with Gasteiger partial charge in [-0.25, -0.2) is 9.59 Å². The second-order valence-electron chi connectivity index (χ2n) is 6.92. The largest absolute Gasteiger partial charge is 0.462 e. The summed E-state index contributed by atoms with van der Waals surface area (Å²) in [6.45, 7) is 1.22. The molecule has 0 saturated heterocycles. The third-order valence-corrected chi connectivity index (χ3v) is 5.66. The van der Waals surface area contributed by atoms with E-state index in [4.69, 9.17) is 21.1 Å². The number of thiophene rings is 1. The van der Waals surface area contributed by atoms with Crippen LogP contribution in [0.2, 0.25) is 5.02 Å². The summed E-state index contributed by atoms with van der Waals surface area (Å²) in [4.78, 5) is 47.2. The zero-order chi connectivity index (χ0) is 25.4. The van der Waals surface area contributed by atoms with E-state index in [1.54, 1.807) is 42.6 Å². The van der Waals surface area contributed by atoms with Gasteiger partial charge in [0.25, 0.3) is 11.6 Å². The van der Waals surface area contributed by atoms with Crippen molar-refractivity contribution in [3.63, 3.8) is 0 Å². The van der Waals surface area contributed by atoms with Crippen LogP contribution in [0.1, 0.15) is 22.8 Å². The number of nitro groups is 1. The molecule has 1 amide bonds. The Bertz CT molecular complexity index is 1290. The van der Waals surface area contributed by atoms with E-state index in [2.05, 4.69) is 5.32 Å². The van der Waals surface area contributed by atoms with E-state index in [-0.39, 0.29) is 22.9 Å². The van der Waals surface area contributed by atoms with E-state index >= 15 is 0 Å².